The van der Waals surface area contributed by atoms with Gasteiger partial charge in [0, 0.05) is 18.7 Å². The van der Waals surface area contributed by atoms with Gasteiger partial charge in [-0.3, -0.25) is 0 Å². The predicted octanol–water partition coefficient (Wildman–Crippen LogP) is 0.464. The average molecular weight is 211 g/mol. The van der Waals surface area contributed by atoms with Crippen LogP contribution in [0.2, 0.25) is 0 Å². The first kappa shape index (κ1) is 10.1. The van der Waals surface area contributed by atoms with Gasteiger partial charge in [-0.1, -0.05) is 0 Å². The summed E-state index contributed by atoms with van der Waals surface area (Å²) >= 11 is 0. The number of morpholine rings is 1. The zero-order chi connectivity index (χ0) is 10.8. The zero-order valence-corrected chi connectivity index (χ0v) is 8.10. The molecule has 4 N–H and O–H groups in total. The fourth-order valence-corrected chi connectivity index (χ4v) is 1.72. The Morgan fingerprint density at radius 2 is 1.87 bits per heavy atom. The Kier molecular flexibility index (Phi) is 2.66. The SMILES string of the molecule is Oc1cc(O)c(C2COCCN2)c(O)c1. The first-order valence-electron chi connectivity index (χ1n) is 4.74. The summed E-state index contributed by atoms with van der Waals surface area (Å²) in [5.41, 5.74) is 0.368. The standard InChI is InChI=1S/C10H13NO4/c12-6-3-8(13)10(9(14)4-6)7-5-15-2-1-11-7/h3-4,7,11-14H,1-2,5H2. The van der Waals surface area contributed by atoms with E-state index in [9.17, 15) is 10.2 Å². The summed E-state index contributed by atoms with van der Waals surface area (Å²) in [6, 6.07) is 2.16. The average Bonchev–Trinajstić information content (AvgIpc) is 2.17. The van der Waals surface area contributed by atoms with Crippen molar-refractivity contribution in [2.75, 3.05) is 19.8 Å². The maximum Gasteiger partial charge on any atom is 0.127 e. The molecule has 5 heteroatoms. The van der Waals surface area contributed by atoms with E-state index in [-0.39, 0.29) is 23.3 Å². The molecule has 1 aromatic carbocycles. The Bertz CT molecular complexity index is 337. The molecule has 0 aliphatic carbocycles. The van der Waals surface area contributed by atoms with Crippen LogP contribution in [0, 0.1) is 0 Å². The molecule has 0 radical (unpaired) electrons. The Hall–Kier alpha value is -1.46. The summed E-state index contributed by atoms with van der Waals surface area (Å²) in [5, 5.41) is 31.5. The van der Waals surface area contributed by atoms with Gasteiger partial charge in [0.15, 0.2) is 0 Å². The van der Waals surface area contributed by atoms with Gasteiger partial charge in [0.1, 0.15) is 17.2 Å². The Morgan fingerprint density at radius 1 is 1.20 bits per heavy atom. The lowest BCUT2D eigenvalue weighted by Crippen LogP contribution is -2.34. The number of hydrogen-bond donors (Lipinski definition) is 4. The number of nitrogens with one attached hydrogen (secondary N) is 1. The molecule has 1 aliphatic rings. The van der Waals surface area contributed by atoms with E-state index in [0.717, 1.165) is 0 Å². The maximum absolute atomic E-state index is 9.61. The number of aromatic hydroxyl groups is 3. The van der Waals surface area contributed by atoms with Crippen molar-refractivity contribution in [3.05, 3.63) is 17.7 Å². The molecule has 1 aromatic rings. The predicted molar refractivity (Wildman–Crippen MR) is 53.0 cm³/mol. The topological polar surface area (TPSA) is 82.0 Å². The summed E-state index contributed by atoms with van der Waals surface area (Å²) in [6.07, 6.45) is 0. The van der Waals surface area contributed by atoms with Crippen molar-refractivity contribution in [3.63, 3.8) is 0 Å². The van der Waals surface area contributed by atoms with E-state index in [1.54, 1.807) is 0 Å². The first-order chi connectivity index (χ1) is 7.18. The van der Waals surface area contributed by atoms with Crippen LogP contribution in [-0.2, 0) is 4.74 Å². The molecule has 82 valence electrons. The van der Waals surface area contributed by atoms with Gasteiger partial charge in [-0.25, -0.2) is 0 Å². The zero-order valence-electron chi connectivity index (χ0n) is 8.10. The highest BCUT2D eigenvalue weighted by Gasteiger charge is 2.22. The van der Waals surface area contributed by atoms with Gasteiger partial charge in [0.2, 0.25) is 0 Å². The molecule has 0 saturated carbocycles. The van der Waals surface area contributed by atoms with Crippen LogP contribution < -0.4 is 5.32 Å². The Morgan fingerprint density at radius 3 is 2.40 bits per heavy atom. The molecule has 0 amide bonds. The summed E-state index contributed by atoms with van der Waals surface area (Å²) in [6.45, 7) is 1.69. The number of hydrogen-bond acceptors (Lipinski definition) is 5. The lowest BCUT2D eigenvalue weighted by molar-refractivity contribution is 0.0752. The van der Waals surface area contributed by atoms with E-state index < -0.39 is 0 Å². The van der Waals surface area contributed by atoms with Gasteiger partial charge in [-0.05, 0) is 0 Å². The molecule has 1 fully saturated rings. The fourth-order valence-electron chi connectivity index (χ4n) is 1.72. The van der Waals surface area contributed by atoms with Crippen molar-refractivity contribution in [2.24, 2.45) is 0 Å². The van der Waals surface area contributed by atoms with Gasteiger partial charge in [-0.15, -0.1) is 0 Å². The highest BCUT2D eigenvalue weighted by molar-refractivity contribution is 5.50. The monoisotopic (exact) mass is 211 g/mol. The van der Waals surface area contributed by atoms with Gasteiger partial charge < -0.3 is 25.4 Å². The number of phenols is 3. The smallest absolute Gasteiger partial charge is 0.127 e. The third-order valence-electron chi connectivity index (χ3n) is 2.39. The third-order valence-corrected chi connectivity index (χ3v) is 2.39. The van der Waals surface area contributed by atoms with Crippen molar-refractivity contribution >= 4 is 0 Å². The second-order valence-electron chi connectivity index (χ2n) is 3.48. The molecular weight excluding hydrogens is 198 g/mol. The Balaban J connectivity index is 2.33. The second-order valence-corrected chi connectivity index (χ2v) is 3.48. The van der Waals surface area contributed by atoms with Crippen LogP contribution in [-0.4, -0.2) is 35.1 Å². The summed E-state index contributed by atoms with van der Waals surface area (Å²) in [5.74, 6) is -0.420. The van der Waals surface area contributed by atoms with Gasteiger partial charge in [0.05, 0.1) is 24.8 Å². The summed E-state index contributed by atoms with van der Waals surface area (Å²) in [7, 11) is 0. The highest BCUT2D eigenvalue weighted by atomic mass is 16.5. The van der Waals surface area contributed by atoms with Crippen LogP contribution >= 0.6 is 0 Å². The van der Waals surface area contributed by atoms with Crippen LogP contribution in [0.3, 0.4) is 0 Å². The number of rotatable bonds is 1. The minimum atomic E-state index is -0.237. The van der Waals surface area contributed by atoms with Crippen LogP contribution in [0.4, 0.5) is 0 Å². The molecule has 15 heavy (non-hydrogen) atoms. The molecule has 0 spiro atoms. The van der Waals surface area contributed by atoms with Crippen LogP contribution in [0.15, 0.2) is 12.1 Å². The second kappa shape index (κ2) is 3.96. The molecule has 1 unspecified atom stereocenters. The molecule has 1 saturated heterocycles. The van der Waals surface area contributed by atoms with E-state index in [4.69, 9.17) is 9.84 Å². The molecule has 0 aromatic heterocycles. The van der Waals surface area contributed by atoms with Gasteiger partial charge >= 0.3 is 0 Å². The normalized spacial score (nSPS) is 21.5. The van der Waals surface area contributed by atoms with Crippen LogP contribution in [0.5, 0.6) is 17.2 Å². The van der Waals surface area contributed by atoms with E-state index in [2.05, 4.69) is 5.32 Å². The van der Waals surface area contributed by atoms with Gasteiger partial charge in [-0.2, -0.15) is 0 Å². The molecule has 1 heterocycles. The van der Waals surface area contributed by atoms with Crippen LogP contribution in [0.1, 0.15) is 11.6 Å². The number of ether oxygens (including phenoxy) is 1. The minimum Gasteiger partial charge on any atom is -0.508 e. The maximum atomic E-state index is 9.61. The van der Waals surface area contributed by atoms with E-state index in [1.165, 1.54) is 12.1 Å². The van der Waals surface area contributed by atoms with E-state index in [0.29, 0.717) is 25.3 Å². The molecule has 1 atom stereocenters. The highest BCUT2D eigenvalue weighted by Crippen LogP contribution is 2.36. The quantitative estimate of drug-likeness (QED) is 0.542. The number of benzene rings is 1. The largest absolute Gasteiger partial charge is 0.508 e. The van der Waals surface area contributed by atoms with E-state index in [1.807, 2.05) is 0 Å². The molecule has 1 aliphatic heterocycles. The molecular formula is C10H13NO4. The van der Waals surface area contributed by atoms with Crippen molar-refractivity contribution in [1.29, 1.82) is 0 Å². The molecule has 2 rings (SSSR count). The van der Waals surface area contributed by atoms with Crippen molar-refractivity contribution in [3.8, 4) is 17.2 Å². The Labute approximate surface area is 86.9 Å². The summed E-state index contributed by atoms with van der Waals surface area (Å²) in [4.78, 5) is 0. The van der Waals surface area contributed by atoms with Crippen molar-refractivity contribution in [1.82, 2.24) is 5.32 Å². The third kappa shape index (κ3) is 1.98. The molecule has 0 bridgehead atoms. The summed E-state index contributed by atoms with van der Waals surface area (Å²) < 4.78 is 5.23. The number of phenolic OH excluding ortho intramolecular Hbond substituents is 3. The fraction of sp³-hybridized carbons (Fsp3) is 0.400. The molecule has 5 nitrogen and oxygen atoms in total. The minimum absolute atomic E-state index is 0.129. The first-order valence-corrected chi connectivity index (χ1v) is 4.74. The van der Waals surface area contributed by atoms with Gasteiger partial charge in [0.25, 0.3) is 0 Å². The van der Waals surface area contributed by atoms with Crippen LogP contribution in [0.25, 0.3) is 0 Å². The van der Waals surface area contributed by atoms with E-state index >= 15 is 0 Å². The van der Waals surface area contributed by atoms with Crippen molar-refractivity contribution in [2.45, 2.75) is 6.04 Å². The lowest BCUT2D eigenvalue weighted by atomic mass is 10.0. The van der Waals surface area contributed by atoms with Crippen molar-refractivity contribution < 1.29 is 20.1 Å². The lowest BCUT2D eigenvalue weighted by Gasteiger charge is -2.25.